The molecule has 104 valence electrons. The van der Waals surface area contributed by atoms with Crippen LogP contribution in [0.4, 0.5) is 5.82 Å². The van der Waals surface area contributed by atoms with Gasteiger partial charge >= 0.3 is 0 Å². The number of pyridine rings is 1. The molecule has 1 aromatic heterocycles. The van der Waals surface area contributed by atoms with Gasteiger partial charge in [0.25, 0.3) is 5.91 Å². The van der Waals surface area contributed by atoms with E-state index in [1.54, 1.807) is 18.2 Å². The molecule has 0 saturated heterocycles. The Morgan fingerprint density at radius 2 is 1.95 bits per heavy atom. The molecular weight excluding hydrogens is 250 g/mol. The summed E-state index contributed by atoms with van der Waals surface area (Å²) in [6, 6.07) is 15.4. The molecule has 2 rings (SSSR count). The number of hydrogen-bond acceptors (Lipinski definition) is 3. The lowest BCUT2D eigenvalue weighted by atomic mass is 10.1. The number of aryl methyl sites for hydroxylation is 1. The second kappa shape index (κ2) is 6.70. The molecule has 1 amide bonds. The highest BCUT2D eigenvalue weighted by Gasteiger charge is 2.11. The van der Waals surface area contributed by atoms with Crippen LogP contribution in [0, 0.1) is 0 Å². The van der Waals surface area contributed by atoms with Gasteiger partial charge in [-0.3, -0.25) is 4.79 Å². The van der Waals surface area contributed by atoms with E-state index in [-0.39, 0.29) is 11.9 Å². The van der Waals surface area contributed by atoms with Crippen LogP contribution in [0.5, 0.6) is 0 Å². The van der Waals surface area contributed by atoms with Crippen LogP contribution >= 0.6 is 0 Å². The third-order valence-electron chi connectivity index (χ3n) is 3.09. The lowest BCUT2D eigenvalue weighted by Gasteiger charge is -2.13. The van der Waals surface area contributed by atoms with E-state index in [0.29, 0.717) is 11.5 Å². The Morgan fingerprint density at radius 1 is 1.20 bits per heavy atom. The molecule has 1 heterocycles. The highest BCUT2D eigenvalue weighted by molar-refractivity contribution is 5.92. The van der Waals surface area contributed by atoms with E-state index in [4.69, 9.17) is 5.73 Å². The summed E-state index contributed by atoms with van der Waals surface area (Å²) < 4.78 is 0. The standard InChI is InChI=1S/C16H19N3O/c1-12(10-11-13-6-3-2-4-7-13)18-16(20)14-8-5-9-15(17)19-14/h2-9,12H,10-11H2,1H3,(H2,17,19)(H,18,20). The minimum Gasteiger partial charge on any atom is -0.384 e. The number of aromatic nitrogens is 1. The van der Waals surface area contributed by atoms with E-state index < -0.39 is 0 Å². The molecule has 0 aliphatic carbocycles. The summed E-state index contributed by atoms with van der Waals surface area (Å²) in [5, 5.41) is 2.94. The second-order valence-electron chi connectivity index (χ2n) is 4.85. The molecule has 1 aromatic carbocycles. The van der Waals surface area contributed by atoms with Crippen molar-refractivity contribution in [1.82, 2.24) is 10.3 Å². The fourth-order valence-electron chi connectivity index (χ4n) is 1.98. The maximum atomic E-state index is 12.0. The van der Waals surface area contributed by atoms with E-state index in [2.05, 4.69) is 22.4 Å². The normalized spacial score (nSPS) is 11.8. The van der Waals surface area contributed by atoms with Crippen LogP contribution in [0.1, 0.15) is 29.4 Å². The van der Waals surface area contributed by atoms with Crippen LogP contribution in [0.15, 0.2) is 48.5 Å². The Morgan fingerprint density at radius 3 is 2.65 bits per heavy atom. The third kappa shape index (κ3) is 4.09. The number of benzene rings is 1. The first-order chi connectivity index (χ1) is 9.65. The molecule has 1 unspecified atom stereocenters. The van der Waals surface area contributed by atoms with Gasteiger partial charge in [-0.15, -0.1) is 0 Å². The minimum absolute atomic E-state index is 0.0888. The summed E-state index contributed by atoms with van der Waals surface area (Å²) in [6.07, 6.45) is 1.82. The number of nitrogens with one attached hydrogen (secondary N) is 1. The van der Waals surface area contributed by atoms with E-state index in [1.165, 1.54) is 5.56 Å². The molecule has 1 atom stereocenters. The van der Waals surface area contributed by atoms with E-state index >= 15 is 0 Å². The molecular formula is C16H19N3O. The van der Waals surface area contributed by atoms with Crippen molar-refractivity contribution in [2.45, 2.75) is 25.8 Å². The smallest absolute Gasteiger partial charge is 0.270 e. The summed E-state index contributed by atoms with van der Waals surface area (Å²) in [5.74, 6) is 0.174. The molecule has 0 spiro atoms. The van der Waals surface area contributed by atoms with Gasteiger partial charge in [0.1, 0.15) is 11.5 Å². The minimum atomic E-state index is -0.183. The molecule has 3 N–H and O–H groups in total. The Hall–Kier alpha value is -2.36. The van der Waals surface area contributed by atoms with Crippen LogP contribution in [0.3, 0.4) is 0 Å². The Balaban J connectivity index is 1.85. The first kappa shape index (κ1) is 14.1. The van der Waals surface area contributed by atoms with Gasteiger partial charge in [-0.1, -0.05) is 36.4 Å². The first-order valence-electron chi connectivity index (χ1n) is 6.72. The highest BCUT2D eigenvalue weighted by atomic mass is 16.1. The number of anilines is 1. The van der Waals surface area contributed by atoms with Gasteiger partial charge in [-0.05, 0) is 37.5 Å². The summed E-state index contributed by atoms with van der Waals surface area (Å²) >= 11 is 0. The van der Waals surface area contributed by atoms with E-state index in [1.807, 2.05) is 25.1 Å². The zero-order chi connectivity index (χ0) is 14.4. The largest absolute Gasteiger partial charge is 0.384 e. The number of nitrogen functional groups attached to an aromatic ring is 1. The average Bonchev–Trinajstić information content (AvgIpc) is 2.46. The van der Waals surface area contributed by atoms with Crippen LogP contribution < -0.4 is 11.1 Å². The summed E-state index contributed by atoms with van der Waals surface area (Å²) in [4.78, 5) is 16.0. The van der Waals surface area contributed by atoms with E-state index in [9.17, 15) is 4.79 Å². The van der Waals surface area contributed by atoms with Gasteiger partial charge in [0.05, 0.1) is 0 Å². The quantitative estimate of drug-likeness (QED) is 0.876. The van der Waals surface area contributed by atoms with Gasteiger partial charge < -0.3 is 11.1 Å². The number of nitrogens with two attached hydrogens (primary N) is 1. The van der Waals surface area contributed by atoms with Crippen molar-refractivity contribution in [3.05, 3.63) is 59.8 Å². The predicted molar refractivity (Wildman–Crippen MR) is 80.3 cm³/mol. The van der Waals surface area contributed by atoms with Gasteiger partial charge in [0.15, 0.2) is 0 Å². The average molecular weight is 269 g/mol. The Labute approximate surface area is 119 Å². The van der Waals surface area contributed by atoms with Crippen molar-refractivity contribution in [3.63, 3.8) is 0 Å². The van der Waals surface area contributed by atoms with Crippen molar-refractivity contribution in [3.8, 4) is 0 Å². The van der Waals surface area contributed by atoms with Gasteiger partial charge in [0, 0.05) is 6.04 Å². The molecule has 0 fully saturated rings. The van der Waals surface area contributed by atoms with Gasteiger partial charge in [-0.2, -0.15) is 0 Å². The highest BCUT2D eigenvalue weighted by Crippen LogP contribution is 2.06. The molecule has 0 aliphatic rings. The van der Waals surface area contributed by atoms with Crippen molar-refractivity contribution in [2.24, 2.45) is 0 Å². The maximum Gasteiger partial charge on any atom is 0.270 e. The maximum absolute atomic E-state index is 12.0. The lowest BCUT2D eigenvalue weighted by molar-refractivity contribution is 0.0933. The van der Waals surface area contributed by atoms with Crippen molar-refractivity contribution in [1.29, 1.82) is 0 Å². The zero-order valence-corrected chi connectivity index (χ0v) is 11.5. The number of carbonyl (C=O) groups excluding carboxylic acids is 1. The summed E-state index contributed by atoms with van der Waals surface area (Å²) in [7, 11) is 0. The molecule has 4 nitrogen and oxygen atoms in total. The fraction of sp³-hybridized carbons (Fsp3) is 0.250. The van der Waals surface area contributed by atoms with Crippen molar-refractivity contribution < 1.29 is 4.79 Å². The number of amides is 1. The van der Waals surface area contributed by atoms with Crippen LogP contribution in [0.2, 0.25) is 0 Å². The monoisotopic (exact) mass is 269 g/mol. The third-order valence-corrected chi connectivity index (χ3v) is 3.09. The number of carbonyl (C=O) groups is 1. The van der Waals surface area contributed by atoms with Crippen molar-refractivity contribution >= 4 is 11.7 Å². The Kier molecular flexibility index (Phi) is 4.71. The van der Waals surface area contributed by atoms with E-state index in [0.717, 1.165) is 12.8 Å². The SMILES string of the molecule is CC(CCc1ccccc1)NC(=O)c1cccc(N)n1. The van der Waals surface area contributed by atoms with Crippen LogP contribution in [-0.4, -0.2) is 16.9 Å². The summed E-state index contributed by atoms with van der Waals surface area (Å²) in [5.41, 5.74) is 7.20. The first-order valence-corrected chi connectivity index (χ1v) is 6.72. The van der Waals surface area contributed by atoms with Crippen LogP contribution in [0.25, 0.3) is 0 Å². The number of hydrogen-bond donors (Lipinski definition) is 2. The van der Waals surface area contributed by atoms with Crippen LogP contribution in [-0.2, 0) is 6.42 Å². The van der Waals surface area contributed by atoms with Gasteiger partial charge in [0.2, 0.25) is 0 Å². The second-order valence-corrected chi connectivity index (χ2v) is 4.85. The summed E-state index contributed by atoms with van der Waals surface area (Å²) in [6.45, 7) is 1.99. The number of rotatable bonds is 5. The molecule has 0 aliphatic heterocycles. The molecule has 0 bridgehead atoms. The topological polar surface area (TPSA) is 68.0 Å². The molecule has 0 saturated carbocycles. The molecule has 20 heavy (non-hydrogen) atoms. The Bertz CT molecular complexity index is 569. The lowest BCUT2D eigenvalue weighted by Crippen LogP contribution is -2.33. The molecule has 2 aromatic rings. The molecule has 0 radical (unpaired) electrons. The zero-order valence-electron chi connectivity index (χ0n) is 11.5. The van der Waals surface area contributed by atoms with Crippen molar-refractivity contribution in [2.75, 3.05) is 5.73 Å². The number of nitrogens with zero attached hydrogens (tertiary/aromatic N) is 1. The van der Waals surface area contributed by atoms with Gasteiger partial charge in [-0.25, -0.2) is 4.98 Å². The predicted octanol–water partition coefficient (Wildman–Crippen LogP) is 2.41. The fourth-order valence-corrected chi connectivity index (χ4v) is 1.98. The molecule has 4 heteroatoms.